The summed E-state index contributed by atoms with van der Waals surface area (Å²) >= 11 is 3.46. The number of nitrogens with zero attached hydrogens (tertiary/aromatic N) is 1. The number of nitrogens with one attached hydrogen (secondary N) is 2. The van der Waals surface area contributed by atoms with Gasteiger partial charge in [-0.3, -0.25) is 0 Å². The van der Waals surface area contributed by atoms with Gasteiger partial charge in [0, 0.05) is 18.8 Å². The van der Waals surface area contributed by atoms with Gasteiger partial charge < -0.3 is 10.6 Å². The lowest BCUT2D eigenvalue weighted by Crippen LogP contribution is -2.22. The molecule has 3 nitrogen and oxygen atoms in total. The summed E-state index contributed by atoms with van der Waals surface area (Å²) in [5, 5.41) is 6.70. The Kier molecular flexibility index (Phi) is 2.80. The number of hydrogen-bond donors (Lipinski definition) is 2. The molecule has 1 atom stereocenters. The molecule has 1 fully saturated rings. The maximum Gasteiger partial charge on any atom is 0.140 e. The summed E-state index contributed by atoms with van der Waals surface area (Å²) in [5.74, 6) is 0.941. The first kappa shape index (κ1) is 8.97. The largest absolute Gasteiger partial charge is 0.365 e. The molecule has 2 heterocycles. The average Bonchev–Trinajstić information content (AvgIpc) is 2.61. The summed E-state index contributed by atoms with van der Waals surface area (Å²) in [6.07, 6.45) is 2.97. The van der Waals surface area contributed by atoms with E-state index in [1.807, 2.05) is 12.1 Å². The SMILES string of the molecule is Brc1cccnc1N[C@H]1CCNC1. The molecular weight excluding hydrogens is 230 g/mol. The normalized spacial score (nSPS) is 21.8. The van der Waals surface area contributed by atoms with Gasteiger partial charge in [0.1, 0.15) is 5.82 Å². The van der Waals surface area contributed by atoms with Crippen LogP contribution in [0.2, 0.25) is 0 Å². The van der Waals surface area contributed by atoms with Gasteiger partial charge in [0.25, 0.3) is 0 Å². The average molecular weight is 242 g/mol. The second-order valence-corrected chi connectivity index (χ2v) is 4.02. The predicted molar refractivity (Wildman–Crippen MR) is 56.8 cm³/mol. The van der Waals surface area contributed by atoms with Crippen molar-refractivity contribution in [2.24, 2.45) is 0 Å². The molecule has 0 spiro atoms. The molecule has 1 aromatic rings. The highest BCUT2D eigenvalue weighted by Crippen LogP contribution is 2.19. The van der Waals surface area contributed by atoms with Crippen molar-refractivity contribution in [1.29, 1.82) is 0 Å². The van der Waals surface area contributed by atoms with Crippen LogP contribution in [0.5, 0.6) is 0 Å². The Hall–Kier alpha value is -0.610. The summed E-state index contributed by atoms with van der Waals surface area (Å²) in [7, 11) is 0. The molecule has 0 radical (unpaired) electrons. The highest BCUT2D eigenvalue weighted by Gasteiger charge is 2.14. The molecule has 2 rings (SSSR count). The van der Waals surface area contributed by atoms with Crippen LogP contribution in [0.1, 0.15) is 6.42 Å². The van der Waals surface area contributed by atoms with E-state index < -0.39 is 0 Å². The van der Waals surface area contributed by atoms with E-state index in [9.17, 15) is 0 Å². The van der Waals surface area contributed by atoms with Crippen LogP contribution < -0.4 is 10.6 Å². The quantitative estimate of drug-likeness (QED) is 0.827. The number of aromatic nitrogens is 1. The van der Waals surface area contributed by atoms with Crippen molar-refractivity contribution in [3.05, 3.63) is 22.8 Å². The third kappa shape index (κ3) is 2.19. The van der Waals surface area contributed by atoms with Gasteiger partial charge in [0.05, 0.1) is 4.47 Å². The van der Waals surface area contributed by atoms with E-state index in [-0.39, 0.29) is 0 Å². The van der Waals surface area contributed by atoms with Crippen molar-refractivity contribution in [1.82, 2.24) is 10.3 Å². The molecule has 0 unspecified atom stereocenters. The molecule has 4 heteroatoms. The van der Waals surface area contributed by atoms with Crippen LogP contribution in [0.3, 0.4) is 0 Å². The molecule has 1 saturated heterocycles. The topological polar surface area (TPSA) is 37.0 Å². The van der Waals surface area contributed by atoms with Crippen LogP contribution >= 0.6 is 15.9 Å². The summed E-state index contributed by atoms with van der Waals surface area (Å²) in [5.41, 5.74) is 0. The van der Waals surface area contributed by atoms with Crippen molar-refractivity contribution in [2.75, 3.05) is 18.4 Å². The summed E-state index contributed by atoms with van der Waals surface area (Å²) in [6, 6.07) is 4.44. The molecule has 13 heavy (non-hydrogen) atoms. The van der Waals surface area contributed by atoms with Gasteiger partial charge in [0.15, 0.2) is 0 Å². The Balaban J connectivity index is 2.04. The third-order valence-electron chi connectivity index (χ3n) is 2.16. The van der Waals surface area contributed by atoms with Gasteiger partial charge in [-0.25, -0.2) is 4.98 Å². The van der Waals surface area contributed by atoms with Gasteiger partial charge in [-0.05, 0) is 41.0 Å². The Morgan fingerprint density at radius 2 is 2.54 bits per heavy atom. The van der Waals surface area contributed by atoms with E-state index in [0.717, 1.165) is 23.4 Å². The molecule has 70 valence electrons. The van der Waals surface area contributed by atoms with E-state index in [1.165, 1.54) is 6.42 Å². The van der Waals surface area contributed by atoms with Gasteiger partial charge in [0.2, 0.25) is 0 Å². The Morgan fingerprint density at radius 1 is 1.62 bits per heavy atom. The first-order valence-electron chi connectivity index (χ1n) is 4.44. The molecule has 1 aliphatic heterocycles. The van der Waals surface area contributed by atoms with Crippen LogP contribution in [0.25, 0.3) is 0 Å². The fraction of sp³-hybridized carbons (Fsp3) is 0.444. The molecule has 0 aliphatic carbocycles. The van der Waals surface area contributed by atoms with E-state index in [2.05, 4.69) is 31.5 Å². The Morgan fingerprint density at radius 3 is 3.23 bits per heavy atom. The molecule has 0 saturated carbocycles. The first-order valence-corrected chi connectivity index (χ1v) is 5.23. The van der Waals surface area contributed by atoms with E-state index in [0.29, 0.717) is 6.04 Å². The van der Waals surface area contributed by atoms with Crippen LogP contribution in [0, 0.1) is 0 Å². The van der Waals surface area contributed by atoms with Crippen LogP contribution in [-0.4, -0.2) is 24.1 Å². The van der Waals surface area contributed by atoms with Crippen molar-refractivity contribution < 1.29 is 0 Å². The zero-order valence-electron chi connectivity index (χ0n) is 7.26. The number of pyridine rings is 1. The van der Waals surface area contributed by atoms with Gasteiger partial charge >= 0.3 is 0 Å². The fourth-order valence-electron chi connectivity index (χ4n) is 1.46. The summed E-state index contributed by atoms with van der Waals surface area (Å²) in [6.45, 7) is 2.13. The maximum absolute atomic E-state index is 4.26. The summed E-state index contributed by atoms with van der Waals surface area (Å²) in [4.78, 5) is 4.26. The molecule has 0 aromatic carbocycles. The Labute approximate surface area is 86.1 Å². The van der Waals surface area contributed by atoms with Crippen molar-refractivity contribution in [2.45, 2.75) is 12.5 Å². The zero-order valence-corrected chi connectivity index (χ0v) is 8.84. The first-order chi connectivity index (χ1) is 6.36. The molecule has 1 aliphatic rings. The lowest BCUT2D eigenvalue weighted by atomic mass is 10.2. The maximum atomic E-state index is 4.26. The van der Waals surface area contributed by atoms with Crippen LogP contribution in [-0.2, 0) is 0 Å². The predicted octanol–water partition coefficient (Wildman–Crippen LogP) is 1.62. The van der Waals surface area contributed by atoms with E-state index in [4.69, 9.17) is 0 Å². The lowest BCUT2D eigenvalue weighted by molar-refractivity contribution is 0.787. The third-order valence-corrected chi connectivity index (χ3v) is 2.80. The summed E-state index contributed by atoms with van der Waals surface area (Å²) < 4.78 is 1.03. The van der Waals surface area contributed by atoms with Crippen molar-refractivity contribution >= 4 is 21.7 Å². The van der Waals surface area contributed by atoms with Gasteiger partial charge in [-0.2, -0.15) is 0 Å². The highest BCUT2D eigenvalue weighted by molar-refractivity contribution is 9.10. The number of halogens is 1. The van der Waals surface area contributed by atoms with E-state index >= 15 is 0 Å². The Bertz CT molecular complexity index is 284. The van der Waals surface area contributed by atoms with Crippen molar-refractivity contribution in [3.8, 4) is 0 Å². The zero-order chi connectivity index (χ0) is 9.10. The van der Waals surface area contributed by atoms with Crippen LogP contribution in [0.4, 0.5) is 5.82 Å². The van der Waals surface area contributed by atoms with Crippen LogP contribution in [0.15, 0.2) is 22.8 Å². The highest BCUT2D eigenvalue weighted by atomic mass is 79.9. The van der Waals surface area contributed by atoms with Gasteiger partial charge in [-0.15, -0.1) is 0 Å². The minimum atomic E-state index is 0.520. The van der Waals surface area contributed by atoms with Gasteiger partial charge in [-0.1, -0.05) is 0 Å². The number of rotatable bonds is 2. The fourth-order valence-corrected chi connectivity index (χ4v) is 1.83. The molecular formula is C9H12BrN3. The number of hydrogen-bond acceptors (Lipinski definition) is 3. The number of anilines is 1. The molecule has 0 amide bonds. The second kappa shape index (κ2) is 4.07. The molecule has 1 aromatic heterocycles. The minimum Gasteiger partial charge on any atom is -0.365 e. The van der Waals surface area contributed by atoms with Crippen molar-refractivity contribution in [3.63, 3.8) is 0 Å². The van der Waals surface area contributed by atoms with E-state index in [1.54, 1.807) is 6.20 Å². The lowest BCUT2D eigenvalue weighted by Gasteiger charge is -2.12. The smallest absolute Gasteiger partial charge is 0.140 e. The monoisotopic (exact) mass is 241 g/mol. The standard InChI is InChI=1S/C9H12BrN3/c10-8-2-1-4-12-9(8)13-7-3-5-11-6-7/h1-2,4,7,11H,3,5-6H2,(H,12,13)/t7-/m0/s1. The molecule has 0 bridgehead atoms. The minimum absolute atomic E-state index is 0.520. The second-order valence-electron chi connectivity index (χ2n) is 3.17. The molecule has 2 N–H and O–H groups in total.